The van der Waals surface area contributed by atoms with Gasteiger partial charge in [-0.05, 0) is 69.0 Å². The smallest absolute Gasteiger partial charge is 0.355 e. The van der Waals surface area contributed by atoms with E-state index in [4.69, 9.17) is 0 Å². The number of piperidine rings is 1. The summed E-state index contributed by atoms with van der Waals surface area (Å²) >= 11 is 0. The van der Waals surface area contributed by atoms with E-state index in [-0.39, 0.29) is 27.8 Å². The van der Waals surface area contributed by atoms with Crippen LogP contribution in [-0.2, 0) is 20.8 Å². The largest absolute Gasteiger partial charge is 0.416 e. The molecule has 2 fully saturated rings. The van der Waals surface area contributed by atoms with Gasteiger partial charge in [-0.25, -0.2) is 13.4 Å². The fraction of sp³-hybridized carbons (Fsp3) is 0.519. The highest BCUT2D eigenvalue weighted by Gasteiger charge is 2.31. The molecule has 0 saturated carbocycles. The van der Waals surface area contributed by atoms with Gasteiger partial charge in [0.2, 0.25) is 0 Å². The van der Waals surface area contributed by atoms with Crippen molar-refractivity contribution in [3.05, 3.63) is 47.7 Å². The van der Waals surface area contributed by atoms with Crippen molar-refractivity contribution in [2.75, 3.05) is 49.7 Å². The summed E-state index contributed by atoms with van der Waals surface area (Å²) in [7, 11) is -1.59. The lowest BCUT2D eigenvalue weighted by molar-refractivity contribution is -0.137. The Hall–Kier alpha value is -2.99. The van der Waals surface area contributed by atoms with Crippen LogP contribution in [0.4, 0.5) is 24.7 Å². The van der Waals surface area contributed by atoms with Crippen LogP contribution in [0.1, 0.15) is 48.0 Å². The molecule has 1 N–H and O–H groups in total. The Morgan fingerprint density at radius 1 is 1.05 bits per heavy atom. The summed E-state index contributed by atoms with van der Waals surface area (Å²) in [6.07, 6.45) is 1.23. The molecule has 1 amide bonds. The van der Waals surface area contributed by atoms with Crippen molar-refractivity contribution < 1.29 is 31.2 Å². The zero-order valence-corrected chi connectivity index (χ0v) is 22.8. The Morgan fingerprint density at radius 2 is 1.72 bits per heavy atom. The molecule has 1 aromatic carbocycles. The van der Waals surface area contributed by atoms with E-state index in [1.165, 1.54) is 18.3 Å². The van der Waals surface area contributed by atoms with Gasteiger partial charge in [0.25, 0.3) is 5.91 Å². The number of aromatic nitrogens is 1. The maximum atomic E-state index is 13.1. The molecule has 2 saturated heterocycles. The second kappa shape index (κ2) is 11.6. The summed E-state index contributed by atoms with van der Waals surface area (Å²) in [5.41, 5.74) is -1.08. The standard InChI is InChI=1S/C27H33F3N4O4S/c1-33-9-6-19(17-33)13-22(35)12-18-7-10-34(11-8-18)25-24(15-23(16-31-25)39(2,37)38)32-26(36)20-4-3-5-21(14-20)27(28,29)30/h3-5,14-16,18-19H,6-13,17H2,1-2H3,(H,32,36)/t19-/m1/s1. The SMILES string of the molecule is CN1CC[C@H](CC(=O)CC2CCN(c3ncc(S(C)(=O)=O)cc3NC(=O)c3cccc(C(F)(F)F)c3)CC2)C1. The minimum absolute atomic E-state index is 0.0974. The van der Waals surface area contributed by atoms with Crippen molar-refractivity contribution in [1.29, 1.82) is 0 Å². The molecule has 2 aliphatic rings. The molecule has 12 heteroatoms. The van der Waals surface area contributed by atoms with Crippen molar-refractivity contribution in [2.24, 2.45) is 11.8 Å². The van der Waals surface area contributed by atoms with E-state index < -0.39 is 27.5 Å². The number of pyridine rings is 1. The van der Waals surface area contributed by atoms with Gasteiger partial charge >= 0.3 is 6.18 Å². The van der Waals surface area contributed by atoms with Gasteiger partial charge < -0.3 is 15.1 Å². The predicted octanol–water partition coefficient (Wildman–Crippen LogP) is 4.27. The number of carbonyl (C=O) groups is 2. The summed E-state index contributed by atoms with van der Waals surface area (Å²) in [6, 6.07) is 5.28. The van der Waals surface area contributed by atoms with Crippen molar-refractivity contribution >= 4 is 33.0 Å². The molecule has 0 radical (unpaired) electrons. The molecule has 2 aliphatic heterocycles. The Morgan fingerprint density at radius 3 is 2.33 bits per heavy atom. The third-order valence-electron chi connectivity index (χ3n) is 7.41. The average molecular weight is 567 g/mol. The van der Waals surface area contributed by atoms with Crippen molar-refractivity contribution in [3.63, 3.8) is 0 Å². The number of hydrogen-bond donors (Lipinski definition) is 1. The zero-order valence-electron chi connectivity index (χ0n) is 22.0. The first-order valence-electron chi connectivity index (χ1n) is 12.9. The normalized spacial score (nSPS) is 19.3. The molecule has 3 heterocycles. The number of amides is 1. The van der Waals surface area contributed by atoms with Gasteiger partial charge in [0, 0.05) is 50.5 Å². The lowest BCUT2D eigenvalue weighted by Gasteiger charge is -2.33. The number of hydrogen-bond acceptors (Lipinski definition) is 7. The van der Waals surface area contributed by atoms with Crippen LogP contribution in [0.15, 0.2) is 41.4 Å². The first kappa shape index (κ1) is 29.0. The summed E-state index contributed by atoms with van der Waals surface area (Å²) in [5, 5.41) is 2.57. The van der Waals surface area contributed by atoms with Gasteiger partial charge in [-0.2, -0.15) is 13.2 Å². The highest BCUT2D eigenvalue weighted by molar-refractivity contribution is 7.90. The van der Waals surface area contributed by atoms with Crippen LogP contribution in [0.2, 0.25) is 0 Å². The molecule has 0 aliphatic carbocycles. The average Bonchev–Trinajstić information content (AvgIpc) is 3.27. The van der Waals surface area contributed by atoms with Crippen LogP contribution in [0.5, 0.6) is 0 Å². The number of ketones is 1. The minimum atomic E-state index is -4.61. The number of carbonyl (C=O) groups excluding carboxylic acids is 2. The molecule has 8 nitrogen and oxygen atoms in total. The van der Waals surface area contributed by atoms with Crippen molar-refractivity contribution in [3.8, 4) is 0 Å². The van der Waals surface area contributed by atoms with E-state index in [1.807, 2.05) is 4.90 Å². The molecule has 2 aromatic rings. The van der Waals surface area contributed by atoms with E-state index in [0.717, 1.165) is 56.8 Å². The van der Waals surface area contributed by atoms with E-state index in [1.54, 1.807) is 0 Å². The van der Waals surface area contributed by atoms with Gasteiger partial charge in [-0.1, -0.05) is 6.07 Å². The second-order valence-electron chi connectivity index (χ2n) is 10.6. The van der Waals surface area contributed by atoms with Gasteiger partial charge in [0.1, 0.15) is 5.78 Å². The van der Waals surface area contributed by atoms with E-state index in [0.29, 0.717) is 37.7 Å². The Bertz CT molecular complexity index is 1320. The van der Waals surface area contributed by atoms with Gasteiger partial charge in [0.05, 0.1) is 16.1 Å². The van der Waals surface area contributed by atoms with Crippen molar-refractivity contribution in [1.82, 2.24) is 9.88 Å². The number of alkyl halides is 3. The second-order valence-corrected chi connectivity index (χ2v) is 12.7. The maximum Gasteiger partial charge on any atom is 0.416 e. The molecule has 39 heavy (non-hydrogen) atoms. The van der Waals surface area contributed by atoms with Crippen LogP contribution >= 0.6 is 0 Å². The number of nitrogens with zero attached hydrogens (tertiary/aromatic N) is 3. The molecule has 212 valence electrons. The molecule has 0 unspecified atom stereocenters. The molecule has 0 bridgehead atoms. The van der Waals surface area contributed by atoms with Crippen molar-refractivity contribution in [2.45, 2.75) is 43.2 Å². The number of nitrogens with one attached hydrogen (secondary N) is 1. The maximum absolute atomic E-state index is 13.1. The Kier molecular flexibility index (Phi) is 8.65. The molecular weight excluding hydrogens is 533 g/mol. The topological polar surface area (TPSA) is 99.7 Å². The Balaban J connectivity index is 1.46. The van der Waals surface area contributed by atoms with Crippen LogP contribution in [-0.4, -0.2) is 69.5 Å². The first-order chi connectivity index (χ1) is 18.3. The molecule has 4 rings (SSSR count). The molecule has 1 atom stereocenters. The quantitative estimate of drug-likeness (QED) is 0.509. The summed E-state index contributed by atoms with van der Waals surface area (Å²) < 4.78 is 63.7. The highest BCUT2D eigenvalue weighted by atomic mass is 32.2. The highest BCUT2D eigenvalue weighted by Crippen LogP contribution is 2.33. The third-order valence-corrected chi connectivity index (χ3v) is 8.49. The lowest BCUT2D eigenvalue weighted by atomic mass is 9.88. The van der Waals surface area contributed by atoms with Crippen LogP contribution in [0, 0.1) is 11.8 Å². The zero-order chi connectivity index (χ0) is 28.4. The lowest BCUT2D eigenvalue weighted by Crippen LogP contribution is -2.35. The fourth-order valence-electron chi connectivity index (χ4n) is 5.29. The summed E-state index contributed by atoms with van der Waals surface area (Å²) in [4.78, 5) is 33.9. The number of halogens is 3. The molecule has 1 aromatic heterocycles. The van der Waals surface area contributed by atoms with E-state index in [9.17, 15) is 31.2 Å². The third kappa shape index (κ3) is 7.57. The van der Waals surface area contributed by atoms with E-state index >= 15 is 0 Å². The number of rotatable bonds is 8. The number of sulfone groups is 1. The van der Waals surface area contributed by atoms with Crippen LogP contribution in [0.3, 0.4) is 0 Å². The minimum Gasteiger partial charge on any atom is -0.355 e. The summed E-state index contributed by atoms with van der Waals surface area (Å²) in [6.45, 7) is 3.06. The van der Waals surface area contributed by atoms with Gasteiger partial charge in [-0.3, -0.25) is 9.59 Å². The molecule has 0 spiro atoms. The van der Waals surface area contributed by atoms with E-state index in [2.05, 4.69) is 22.2 Å². The van der Waals surface area contributed by atoms with Gasteiger partial charge in [0.15, 0.2) is 15.7 Å². The Labute approximate surface area is 226 Å². The monoisotopic (exact) mass is 566 g/mol. The first-order valence-corrected chi connectivity index (χ1v) is 14.8. The number of likely N-dealkylation sites (tertiary alicyclic amines) is 1. The number of Topliss-reactive ketones (excluding diaryl/α,β-unsaturated/α-hetero) is 1. The number of benzene rings is 1. The predicted molar refractivity (Wildman–Crippen MR) is 142 cm³/mol. The van der Waals surface area contributed by atoms with Crippen LogP contribution in [0.25, 0.3) is 0 Å². The fourth-order valence-corrected chi connectivity index (χ4v) is 5.86. The summed E-state index contributed by atoms with van der Waals surface area (Å²) in [5.74, 6) is 0.447. The van der Waals surface area contributed by atoms with Gasteiger partial charge in [-0.15, -0.1) is 0 Å². The molecular formula is C27H33F3N4O4S. The number of anilines is 2. The van der Waals surface area contributed by atoms with Crippen LogP contribution < -0.4 is 10.2 Å².